The Bertz CT molecular complexity index is 479. The van der Waals surface area contributed by atoms with E-state index in [9.17, 15) is 4.79 Å². The summed E-state index contributed by atoms with van der Waals surface area (Å²) in [5.41, 5.74) is 0.735. The number of rotatable bonds is 5. The highest BCUT2D eigenvalue weighted by Crippen LogP contribution is 2.32. The predicted molar refractivity (Wildman–Crippen MR) is 81.7 cm³/mol. The molecule has 1 fully saturated rings. The van der Waals surface area contributed by atoms with E-state index in [0.717, 1.165) is 31.5 Å². The summed E-state index contributed by atoms with van der Waals surface area (Å²) in [6.07, 6.45) is 2.88. The first-order valence-electron chi connectivity index (χ1n) is 7.05. The summed E-state index contributed by atoms with van der Waals surface area (Å²) >= 11 is 6.23. The van der Waals surface area contributed by atoms with Crippen molar-refractivity contribution in [1.29, 1.82) is 0 Å². The van der Waals surface area contributed by atoms with Crippen molar-refractivity contribution in [3.05, 3.63) is 23.2 Å². The first-order valence-corrected chi connectivity index (χ1v) is 7.43. The summed E-state index contributed by atoms with van der Waals surface area (Å²) in [7, 11) is 1.61. The number of carbonyl (C=O) groups excluding carboxylic acids is 1. The first kappa shape index (κ1) is 15.1. The smallest absolute Gasteiger partial charge is 0.244 e. The van der Waals surface area contributed by atoms with E-state index >= 15 is 0 Å². The van der Waals surface area contributed by atoms with Gasteiger partial charge in [-0.1, -0.05) is 18.5 Å². The molecule has 2 rings (SSSR count). The molecule has 0 aromatic heterocycles. The van der Waals surface area contributed by atoms with E-state index in [4.69, 9.17) is 16.3 Å². The van der Waals surface area contributed by atoms with E-state index in [2.05, 4.69) is 12.2 Å². The number of hydrogen-bond donors (Lipinski definition) is 1. The molecule has 0 aliphatic carbocycles. The number of nitrogens with zero attached hydrogens (tertiary/aromatic N) is 1. The number of hydrogen-bond acceptors (Lipinski definition) is 3. The molecule has 1 heterocycles. The summed E-state index contributed by atoms with van der Waals surface area (Å²) in [5, 5.41) is 3.88. The third-order valence-electron chi connectivity index (χ3n) is 3.52. The lowest BCUT2D eigenvalue weighted by molar-refractivity contribution is -0.121. The minimum atomic E-state index is -0.106. The second-order valence-corrected chi connectivity index (χ2v) is 5.36. The number of nitrogens with one attached hydrogen (secondary N) is 1. The standard InChI is InChI=1S/C15H21ClN2O2/c1-3-8-17-13-5-4-9-18(15(13)19)14-10-11(20-2)6-7-12(14)16/h6-7,10,13,17H,3-5,8-9H2,1-2H3. The van der Waals surface area contributed by atoms with Crippen molar-refractivity contribution in [2.45, 2.75) is 32.2 Å². The predicted octanol–water partition coefficient (Wildman–Crippen LogP) is 2.84. The Balaban J connectivity index is 2.20. The number of methoxy groups -OCH3 is 1. The normalized spacial score (nSPS) is 19.2. The first-order chi connectivity index (χ1) is 9.67. The van der Waals surface area contributed by atoms with Gasteiger partial charge in [-0.15, -0.1) is 0 Å². The van der Waals surface area contributed by atoms with Gasteiger partial charge < -0.3 is 15.0 Å². The molecular formula is C15H21ClN2O2. The average Bonchev–Trinajstić information content (AvgIpc) is 2.47. The molecule has 1 saturated heterocycles. The highest BCUT2D eigenvalue weighted by molar-refractivity contribution is 6.34. The maximum absolute atomic E-state index is 12.5. The lowest BCUT2D eigenvalue weighted by atomic mass is 10.0. The fraction of sp³-hybridized carbons (Fsp3) is 0.533. The van der Waals surface area contributed by atoms with Crippen molar-refractivity contribution in [3.63, 3.8) is 0 Å². The van der Waals surface area contributed by atoms with Crippen LogP contribution >= 0.6 is 11.6 Å². The summed E-state index contributed by atoms with van der Waals surface area (Å²) in [6.45, 7) is 3.66. The van der Waals surface area contributed by atoms with Crippen LogP contribution in [0.5, 0.6) is 5.75 Å². The lowest BCUT2D eigenvalue weighted by Crippen LogP contribution is -2.51. The maximum atomic E-state index is 12.5. The van der Waals surface area contributed by atoms with E-state index < -0.39 is 0 Å². The summed E-state index contributed by atoms with van der Waals surface area (Å²) in [4.78, 5) is 14.3. The second-order valence-electron chi connectivity index (χ2n) is 4.96. The molecule has 1 aliphatic heterocycles. The maximum Gasteiger partial charge on any atom is 0.244 e. The molecule has 0 spiro atoms. The molecule has 5 heteroatoms. The van der Waals surface area contributed by atoms with Crippen molar-refractivity contribution in [3.8, 4) is 5.75 Å². The minimum Gasteiger partial charge on any atom is -0.497 e. The minimum absolute atomic E-state index is 0.0971. The number of carbonyl (C=O) groups is 1. The zero-order chi connectivity index (χ0) is 14.5. The lowest BCUT2D eigenvalue weighted by Gasteiger charge is -2.33. The van der Waals surface area contributed by atoms with Crippen LogP contribution in [0.1, 0.15) is 26.2 Å². The molecule has 0 bridgehead atoms. The summed E-state index contributed by atoms with van der Waals surface area (Å²) in [5.74, 6) is 0.806. The van der Waals surface area contributed by atoms with Crippen molar-refractivity contribution in [2.24, 2.45) is 0 Å². The molecular weight excluding hydrogens is 276 g/mol. The van der Waals surface area contributed by atoms with Gasteiger partial charge in [0, 0.05) is 12.6 Å². The van der Waals surface area contributed by atoms with Gasteiger partial charge >= 0.3 is 0 Å². The van der Waals surface area contributed by atoms with Crippen molar-refractivity contribution in [1.82, 2.24) is 5.32 Å². The van der Waals surface area contributed by atoms with Gasteiger partial charge in [0.25, 0.3) is 0 Å². The van der Waals surface area contributed by atoms with Crippen LogP contribution in [0.25, 0.3) is 0 Å². The molecule has 1 N–H and O–H groups in total. The average molecular weight is 297 g/mol. The zero-order valence-electron chi connectivity index (χ0n) is 12.0. The number of halogens is 1. The second kappa shape index (κ2) is 6.95. The van der Waals surface area contributed by atoms with Gasteiger partial charge in [-0.05, 0) is 37.9 Å². The molecule has 1 aromatic rings. The molecule has 1 amide bonds. The van der Waals surface area contributed by atoms with Crippen LogP contribution in [0.3, 0.4) is 0 Å². The Morgan fingerprint density at radius 3 is 3.00 bits per heavy atom. The van der Waals surface area contributed by atoms with Crippen LogP contribution in [0.15, 0.2) is 18.2 Å². The fourth-order valence-corrected chi connectivity index (χ4v) is 2.67. The summed E-state index contributed by atoms with van der Waals surface area (Å²) in [6, 6.07) is 5.28. The van der Waals surface area contributed by atoms with E-state index in [1.54, 1.807) is 24.1 Å². The van der Waals surface area contributed by atoms with Crippen LogP contribution in [0.4, 0.5) is 5.69 Å². The number of ether oxygens (including phenoxy) is 1. The highest BCUT2D eigenvalue weighted by Gasteiger charge is 2.30. The molecule has 0 saturated carbocycles. The molecule has 4 nitrogen and oxygen atoms in total. The Morgan fingerprint density at radius 2 is 2.30 bits per heavy atom. The van der Waals surface area contributed by atoms with Gasteiger partial charge in [-0.2, -0.15) is 0 Å². The van der Waals surface area contributed by atoms with Crippen molar-refractivity contribution >= 4 is 23.2 Å². The van der Waals surface area contributed by atoms with E-state index in [1.165, 1.54) is 0 Å². The molecule has 1 unspecified atom stereocenters. The Kier molecular flexibility index (Phi) is 5.26. The Labute approximate surface area is 125 Å². The molecule has 0 radical (unpaired) electrons. The molecule has 110 valence electrons. The van der Waals surface area contributed by atoms with E-state index in [1.807, 2.05) is 6.07 Å². The third kappa shape index (κ3) is 3.25. The number of piperidine rings is 1. The Hall–Kier alpha value is -1.26. The third-order valence-corrected chi connectivity index (χ3v) is 3.84. The van der Waals surface area contributed by atoms with Gasteiger partial charge in [0.1, 0.15) is 5.75 Å². The largest absolute Gasteiger partial charge is 0.497 e. The van der Waals surface area contributed by atoms with E-state index in [0.29, 0.717) is 17.3 Å². The molecule has 20 heavy (non-hydrogen) atoms. The molecule has 1 aliphatic rings. The van der Waals surface area contributed by atoms with Gasteiger partial charge in [0.05, 0.1) is 23.9 Å². The molecule has 1 aromatic carbocycles. The summed E-state index contributed by atoms with van der Waals surface area (Å²) < 4.78 is 5.22. The van der Waals surface area contributed by atoms with Gasteiger partial charge in [0.15, 0.2) is 0 Å². The van der Waals surface area contributed by atoms with Gasteiger partial charge in [-0.3, -0.25) is 4.79 Å². The quantitative estimate of drug-likeness (QED) is 0.908. The monoisotopic (exact) mass is 296 g/mol. The van der Waals surface area contributed by atoms with Crippen LogP contribution in [0.2, 0.25) is 5.02 Å². The number of benzene rings is 1. The van der Waals surface area contributed by atoms with Crippen LogP contribution in [-0.2, 0) is 4.79 Å². The fourth-order valence-electron chi connectivity index (χ4n) is 2.45. The molecule has 1 atom stereocenters. The highest BCUT2D eigenvalue weighted by atomic mass is 35.5. The van der Waals surface area contributed by atoms with Gasteiger partial charge in [-0.25, -0.2) is 0 Å². The van der Waals surface area contributed by atoms with Crippen molar-refractivity contribution in [2.75, 3.05) is 25.1 Å². The number of amides is 1. The van der Waals surface area contributed by atoms with Crippen LogP contribution in [0, 0.1) is 0 Å². The topological polar surface area (TPSA) is 41.6 Å². The number of anilines is 1. The van der Waals surface area contributed by atoms with Gasteiger partial charge in [0.2, 0.25) is 5.91 Å². The zero-order valence-corrected chi connectivity index (χ0v) is 12.7. The van der Waals surface area contributed by atoms with E-state index in [-0.39, 0.29) is 11.9 Å². The van der Waals surface area contributed by atoms with Crippen molar-refractivity contribution < 1.29 is 9.53 Å². The SMILES string of the molecule is CCCNC1CCCN(c2cc(OC)ccc2Cl)C1=O. The van der Waals surface area contributed by atoms with Crippen LogP contribution in [-0.4, -0.2) is 32.1 Å². The Morgan fingerprint density at radius 1 is 1.50 bits per heavy atom. The van der Waals surface area contributed by atoms with Crippen LogP contribution < -0.4 is 15.0 Å².